The highest BCUT2D eigenvalue weighted by atomic mass is 19.1. The van der Waals surface area contributed by atoms with Crippen LogP contribution in [0.2, 0.25) is 0 Å². The predicted molar refractivity (Wildman–Crippen MR) is 44.5 cm³/mol. The van der Waals surface area contributed by atoms with Crippen LogP contribution in [0.3, 0.4) is 0 Å². The molecule has 0 saturated heterocycles. The van der Waals surface area contributed by atoms with Gasteiger partial charge in [-0.1, -0.05) is 6.07 Å². The summed E-state index contributed by atoms with van der Waals surface area (Å²) in [6.07, 6.45) is 0. The summed E-state index contributed by atoms with van der Waals surface area (Å²) in [4.78, 5) is 0. The Balaban J connectivity index is 3.08. The average Bonchev–Trinajstić information content (AvgIpc) is 2.07. The second-order valence-electron chi connectivity index (χ2n) is 2.54. The smallest absolute Gasteiger partial charge is 0.537 e. The molecular weight excluding hydrogens is 158 g/mol. The molecule has 0 spiro atoms. The van der Waals surface area contributed by atoms with E-state index in [1.54, 1.807) is 26.0 Å². The van der Waals surface area contributed by atoms with Gasteiger partial charge in [-0.05, 0) is 25.5 Å². The van der Waals surface area contributed by atoms with Gasteiger partial charge in [-0.15, -0.1) is 0 Å². The summed E-state index contributed by atoms with van der Waals surface area (Å²) < 4.78 is 17.8. The Kier molecular flexibility index (Phi) is 2.71. The highest BCUT2D eigenvalue weighted by Gasteiger charge is 2.07. The minimum absolute atomic E-state index is 0.297. The maximum absolute atomic E-state index is 13.1. The molecule has 1 aromatic carbocycles. The molecule has 1 radical (unpaired) electrons. The fraction of sp³-hybridized carbons (Fsp3) is 0.250. The second kappa shape index (κ2) is 3.58. The minimum Gasteiger partial charge on any atom is -0.537 e. The van der Waals surface area contributed by atoms with Gasteiger partial charge in [0.05, 0.1) is 0 Å². The van der Waals surface area contributed by atoms with Gasteiger partial charge in [0.2, 0.25) is 0 Å². The van der Waals surface area contributed by atoms with Crippen LogP contribution in [0, 0.1) is 19.7 Å². The van der Waals surface area contributed by atoms with Crippen molar-refractivity contribution in [3.63, 3.8) is 0 Å². The topological polar surface area (TPSA) is 29.5 Å². The van der Waals surface area contributed by atoms with Crippen LogP contribution in [-0.2, 0) is 0 Å². The molecule has 1 rings (SSSR count). The highest BCUT2D eigenvalue weighted by Crippen LogP contribution is 2.22. The van der Waals surface area contributed by atoms with Gasteiger partial charge in [0.1, 0.15) is 11.6 Å². The zero-order valence-corrected chi connectivity index (χ0v) is 6.97. The lowest BCUT2D eigenvalue weighted by Gasteiger charge is -2.07. The van der Waals surface area contributed by atoms with Crippen molar-refractivity contribution in [1.29, 1.82) is 0 Å². The average molecular weight is 167 g/mol. The monoisotopic (exact) mass is 167 g/mol. The molecule has 0 bridgehead atoms. The first-order valence-corrected chi connectivity index (χ1v) is 3.55. The molecule has 0 aliphatic heterocycles. The van der Waals surface area contributed by atoms with Crippen molar-refractivity contribution in [2.75, 3.05) is 0 Å². The second-order valence-corrected chi connectivity index (χ2v) is 2.54. The maximum Gasteiger partial charge on any atom is 0.569 e. The fourth-order valence-electron chi connectivity index (χ4n) is 0.987. The molecular formula is C8H9BFO2. The lowest BCUT2D eigenvalue weighted by molar-refractivity contribution is 0.448. The Morgan fingerprint density at radius 3 is 2.67 bits per heavy atom. The van der Waals surface area contributed by atoms with E-state index in [0.29, 0.717) is 24.6 Å². The third-order valence-electron chi connectivity index (χ3n) is 1.71. The third-order valence-corrected chi connectivity index (χ3v) is 1.71. The Bertz CT molecular complexity index is 289. The molecule has 63 valence electrons. The lowest BCUT2D eigenvalue weighted by Crippen LogP contribution is -2.02. The summed E-state index contributed by atoms with van der Waals surface area (Å²) in [5.74, 6) is 0.0370. The van der Waals surface area contributed by atoms with Gasteiger partial charge in [0, 0.05) is 5.56 Å². The van der Waals surface area contributed by atoms with Gasteiger partial charge >= 0.3 is 7.69 Å². The predicted octanol–water partition coefficient (Wildman–Crippen LogP) is 1.35. The van der Waals surface area contributed by atoms with Crippen LogP contribution >= 0.6 is 0 Å². The molecule has 0 saturated carbocycles. The molecule has 0 aliphatic rings. The SMILES string of the molecule is Cc1ccc(O[B]O)c(C)c1F. The van der Waals surface area contributed by atoms with E-state index in [0.717, 1.165) is 0 Å². The van der Waals surface area contributed by atoms with E-state index < -0.39 is 0 Å². The zero-order valence-electron chi connectivity index (χ0n) is 6.97. The Morgan fingerprint density at radius 2 is 2.08 bits per heavy atom. The molecule has 0 aromatic heterocycles. The van der Waals surface area contributed by atoms with Crippen molar-refractivity contribution in [3.05, 3.63) is 29.1 Å². The Hall–Kier alpha value is -1.03. The van der Waals surface area contributed by atoms with Crippen LogP contribution in [0.5, 0.6) is 5.75 Å². The van der Waals surface area contributed by atoms with Crippen LogP contribution in [-0.4, -0.2) is 12.7 Å². The van der Waals surface area contributed by atoms with E-state index in [4.69, 9.17) is 5.02 Å². The first-order chi connectivity index (χ1) is 5.66. The number of hydrogen-bond donors (Lipinski definition) is 1. The third kappa shape index (κ3) is 1.59. The summed E-state index contributed by atoms with van der Waals surface area (Å²) >= 11 is 0. The maximum atomic E-state index is 13.1. The summed E-state index contributed by atoms with van der Waals surface area (Å²) in [6, 6.07) is 3.21. The van der Waals surface area contributed by atoms with Crippen molar-refractivity contribution >= 4 is 7.69 Å². The molecule has 2 nitrogen and oxygen atoms in total. The molecule has 12 heavy (non-hydrogen) atoms. The lowest BCUT2D eigenvalue weighted by atomic mass is 10.1. The first-order valence-electron chi connectivity index (χ1n) is 3.55. The van der Waals surface area contributed by atoms with Gasteiger partial charge in [-0.3, -0.25) is 0 Å². The molecule has 0 heterocycles. The summed E-state index contributed by atoms with van der Waals surface area (Å²) in [5, 5.41) is 8.33. The number of aryl methyl sites for hydroxylation is 1. The van der Waals surface area contributed by atoms with Gasteiger partial charge in [-0.2, -0.15) is 0 Å². The van der Waals surface area contributed by atoms with Crippen LogP contribution < -0.4 is 4.65 Å². The number of halogens is 1. The standard InChI is InChI=1S/C8H9BFO2/c1-5-3-4-7(12-9-11)6(2)8(5)10/h3-4,11H,1-2H3. The van der Waals surface area contributed by atoms with E-state index in [-0.39, 0.29) is 5.82 Å². The van der Waals surface area contributed by atoms with E-state index in [9.17, 15) is 4.39 Å². The van der Waals surface area contributed by atoms with E-state index in [1.807, 2.05) is 0 Å². The molecule has 4 heteroatoms. The van der Waals surface area contributed by atoms with Crippen molar-refractivity contribution < 1.29 is 14.1 Å². The van der Waals surface area contributed by atoms with Gasteiger partial charge < -0.3 is 9.68 Å². The van der Waals surface area contributed by atoms with Gasteiger partial charge in [0.25, 0.3) is 0 Å². The van der Waals surface area contributed by atoms with Crippen LogP contribution in [0.25, 0.3) is 0 Å². The molecule has 1 aromatic rings. The van der Waals surface area contributed by atoms with Crippen molar-refractivity contribution in [1.82, 2.24) is 0 Å². The van der Waals surface area contributed by atoms with Gasteiger partial charge in [-0.25, -0.2) is 4.39 Å². The van der Waals surface area contributed by atoms with Crippen molar-refractivity contribution in [2.24, 2.45) is 0 Å². The summed E-state index contributed by atoms with van der Waals surface area (Å²) in [6.45, 7) is 3.27. The molecule has 1 N–H and O–H groups in total. The Labute approximate surface area is 71.3 Å². The number of benzene rings is 1. The largest absolute Gasteiger partial charge is 0.569 e. The van der Waals surface area contributed by atoms with Crippen molar-refractivity contribution in [3.8, 4) is 5.75 Å². The summed E-state index contributed by atoms with van der Waals surface area (Å²) in [7, 11) is 0.539. The molecule has 0 fully saturated rings. The molecule has 0 aliphatic carbocycles. The quantitative estimate of drug-likeness (QED) is 0.673. The Morgan fingerprint density at radius 1 is 1.42 bits per heavy atom. The zero-order chi connectivity index (χ0) is 9.14. The van der Waals surface area contributed by atoms with E-state index in [2.05, 4.69) is 4.65 Å². The van der Waals surface area contributed by atoms with Crippen LogP contribution in [0.15, 0.2) is 12.1 Å². The minimum atomic E-state index is -0.297. The van der Waals surface area contributed by atoms with Crippen molar-refractivity contribution in [2.45, 2.75) is 13.8 Å². The molecule has 0 amide bonds. The van der Waals surface area contributed by atoms with Gasteiger partial charge in [0.15, 0.2) is 0 Å². The first kappa shape index (κ1) is 9.07. The molecule has 0 unspecified atom stereocenters. The number of hydrogen-bond acceptors (Lipinski definition) is 2. The van der Waals surface area contributed by atoms with Crippen LogP contribution in [0.1, 0.15) is 11.1 Å². The van der Waals surface area contributed by atoms with E-state index >= 15 is 0 Å². The van der Waals surface area contributed by atoms with Crippen LogP contribution in [0.4, 0.5) is 4.39 Å². The summed E-state index contributed by atoms with van der Waals surface area (Å²) in [5.41, 5.74) is 0.970. The fourth-order valence-corrected chi connectivity index (χ4v) is 0.987. The number of rotatable bonds is 2. The highest BCUT2D eigenvalue weighted by molar-refractivity contribution is 6.17. The normalized spacial score (nSPS) is 9.67. The molecule has 0 atom stereocenters. The van der Waals surface area contributed by atoms with E-state index in [1.165, 1.54) is 0 Å².